The fraction of sp³-hybridized carbons (Fsp3) is 0.522. The molecule has 4 aliphatic rings. The summed E-state index contributed by atoms with van der Waals surface area (Å²) < 4.78 is 5.54. The van der Waals surface area contributed by atoms with Crippen LogP contribution in [-0.2, 0) is 19.7 Å². The first-order valence-corrected chi connectivity index (χ1v) is 10.4. The number of carbonyl (C=O) groups excluding carboxylic acids is 2. The third kappa shape index (κ3) is 2.65. The Morgan fingerprint density at radius 2 is 2.00 bits per heavy atom. The maximum atomic E-state index is 13.4. The Labute approximate surface area is 170 Å². The van der Waals surface area contributed by atoms with E-state index in [2.05, 4.69) is 23.8 Å². The summed E-state index contributed by atoms with van der Waals surface area (Å²) in [4.78, 5) is 36.0. The number of nitrogens with one attached hydrogen (secondary N) is 1. The Morgan fingerprint density at radius 3 is 2.62 bits per heavy atom. The number of ether oxygens (including phenoxy) is 1. The molecule has 6 heteroatoms. The van der Waals surface area contributed by atoms with E-state index in [1.807, 2.05) is 26.0 Å². The van der Waals surface area contributed by atoms with Crippen molar-refractivity contribution in [2.45, 2.75) is 58.5 Å². The van der Waals surface area contributed by atoms with Crippen LogP contribution in [0.3, 0.4) is 0 Å². The molecule has 3 fully saturated rings. The van der Waals surface area contributed by atoms with Gasteiger partial charge in [-0.1, -0.05) is 13.8 Å². The van der Waals surface area contributed by atoms with Gasteiger partial charge < -0.3 is 14.6 Å². The van der Waals surface area contributed by atoms with Crippen LogP contribution in [-0.4, -0.2) is 39.4 Å². The first-order chi connectivity index (χ1) is 13.7. The number of rotatable bonds is 3. The zero-order chi connectivity index (χ0) is 20.6. The SMILES string of the molecule is CC(C)OC(=O)C1=CN(C(=O)C23CC(C2)C3)CC(C)(C)c2c1[nH]c1ncccc21. The predicted molar refractivity (Wildman–Crippen MR) is 110 cm³/mol. The molecule has 1 aliphatic heterocycles. The van der Waals surface area contributed by atoms with Gasteiger partial charge in [-0.15, -0.1) is 0 Å². The second-order valence-corrected chi connectivity index (χ2v) is 9.85. The standard InChI is InChI=1S/C23H27N3O3/c1-13(2)29-20(27)16-11-26(21(28)23-8-14(9-23)10-23)12-22(3,4)17-15-6-5-7-24-19(15)25-18(16)17/h5-7,11,13-14H,8-10,12H2,1-4H3,(H,24,25). The van der Waals surface area contributed by atoms with Gasteiger partial charge >= 0.3 is 5.97 Å². The zero-order valence-electron chi connectivity index (χ0n) is 17.4. The number of nitrogens with zero attached hydrogens (tertiary/aromatic N) is 2. The van der Waals surface area contributed by atoms with E-state index in [0.717, 1.165) is 41.8 Å². The summed E-state index contributed by atoms with van der Waals surface area (Å²) in [6.45, 7) is 8.43. The number of carbonyl (C=O) groups is 2. The van der Waals surface area contributed by atoms with Crippen LogP contribution < -0.4 is 0 Å². The van der Waals surface area contributed by atoms with Crippen LogP contribution in [0, 0.1) is 11.3 Å². The topological polar surface area (TPSA) is 75.3 Å². The molecular weight excluding hydrogens is 366 g/mol. The highest BCUT2D eigenvalue weighted by Crippen LogP contribution is 2.65. The van der Waals surface area contributed by atoms with Crippen molar-refractivity contribution in [3.63, 3.8) is 0 Å². The van der Waals surface area contributed by atoms with Crippen molar-refractivity contribution >= 4 is 28.5 Å². The van der Waals surface area contributed by atoms with Crippen LogP contribution in [0.4, 0.5) is 0 Å². The predicted octanol–water partition coefficient (Wildman–Crippen LogP) is 3.78. The van der Waals surface area contributed by atoms with Gasteiger partial charge in [0.05, 0.1) is 22.8 Å². The Balaban J connectivity index is 1.66. The Morgan fingerprint density at radius 1 is 1.28 bits per heavy atom. The Bertz CT molecular complexity index is 1050. The maximum absolute atomic E-state index is 13.4. The van der Waals surface area contributed by atoms with Crippen molar-refractivity contribution in [1.29, 1.82) is 0 Å². The summed E-state index contributed by atoms with van der Waals surface area (Å²) in [5.74, 6) is 0.451. The number of pyridine rings is 1. The van der Waals surface area contributed by atoms with Gasteiger partial charge in [-0.2, -0.15) is 0 Å². The molecule has 0 unspecified atom stereocenters. The minimum atomic E-state index is -0.416. The number of H-pyrrole nitrogens is 1. The quantitative estimate of drug-likeness (QED) is 0.806. The van der Waals surface area contributed by atoms with E-state index in [0.29, 0.717) is 17.8 Å². The van der Waals surface area contributed by atoms with Crippen LogP contribution in [0.5, 0.6) is 0 Å². The van der Waals surface area contributed by atoms with Gasteiger partial charge in [0.15, 0.2) is 0 Å². The number of amides is 1. The summed E-state index contributed by atoms with van der Waals surface area (Å²) in [5, 5.41) is 0.982. The first kappa shape index (κ1) is 18.4. The first-order valence-electron chi connectivity index (χ1n) is 10.4. The smallest absolute Gasteiger partial charge is 0.342 e. The molecule has 3 saturated carbocycles. The molecule has 29 heavy (non-hydrogen) atoms. The highest BCUT2D eigenvalue weighted by atomic mass is 16.5. The second-order valence-electron chi connectivity index (χ2n) is 9.85. The summed E-state index contributed by atoms with van der Waals surface area (Å²) in [5.41, 5.74) is 2.31. The van der Waals surface area contributed by atoms with Gasteiger partial charge in [0.25, 0.3) is 0 Å². The number of hydrogen-bond acceptors (Lipinski definition) is 4. The normalized spacial score (nSPS) is 26.9. The van der Waals surface area contributed by atoms with Crippen molar-refractivity contribution in [3.05, 3.63) is 35.8 Å². The second kappa shape index (κ2) is 5.94. The molecule has 2 aromatic rings. The summed E-state index contributed by atoms with van der Waals surface area (Å²) in [6.07, 6.45) is 6.17. The van der Waals surface area contributed by atoms with Gasteiger partial charge in [0, 0.05) is 29.7 Å². The van der Waals surface area contributed by atoms with Crippen molar-refractivity contribution < 1.29 is 14.3 Å². The molecule has 0 radical (unpaired) electrons. The molecule has 1 amide bonds. The van der Waals surface area contributed by atoms with Gasteiger partial charge in [-0.25, -0.2) is 9.78 Å². The lowest BCUT2D eigenvalue weighted by Crippen LogP contribution is -2.61. The fourth-order valence-corrected chi connectivity index (χ4v) is 5.31. The maximum Gasteiger partial charge on any atom is 0.342 e. The highest BCUT2D eigenvalue weighted by Gasteiger charge is 2.62. The molecule has 0 saturated heterocycles. The molecule has 0 aromatic carbocycles. The van der Waals surface area contributed by atoms with E-state index in [4.69, 9.17) is 4.74 Å². The Hall–Kier alpha value is -2.63. The van der Waals surface area contributed by atoms with E-state index in [-0.39, 0.29) is 22.8 Å². The molecule has 3 aliphatic carbocycles. The molecule has 2 aromatic heterocycles. The number of fused-ring (bicyclic) bond motifs is 3. The van der Waals surface area contributed by atoms with Crippen molar-refractivity contribution in [1.82, 2.24) is 14.9 Å². The average molecular weight is 393 g/mol. The van der Waals surface area contributed by atoms with Gasteiger partial charge in [-0.05, 0) is 56.7 Å². The zero-order valence-corrected chi connectivity index (χ0v) is 17.4. The largest absolute Gasteiger partial charge is 0.459 e. The van der Waals surface area contributed by atoms with Gasteiger partial charge in [0.1, 0.15) is 5.65 Å². The van der Waals surface area contributed by atoms with Crippen LogP contribution in [0.1, 0.15) is 58.2 Å². The van der Waals surface area contributed by atoms with E-state index >= 15 is 0 Å². The third-order valence-corrected chi connectivity index (χ3v) is 6.68. The van der Waals surface area contributed by atoms with E-state index in [1.165, 1.54) is 0 Å². The minimum absolute atomic E-state index is 0.149. The number of esters is 1. The summed E-state index contributed by atoms with van der Waals surface area (Å²) in [7, 11) is 0. The monoisotopic (exact) mass is 393 g/mol. The van der Waals surface area contributed by atoms with Gasteiger partial charge in [0.2, 0.25) is 5.91 Å². The molecule has 2 bridgehead atoms. The summed E-state index contributed by atoms with van der Waals surface area (Å²) in [6, 6.07) is 3.92. The van der Waals surface area contributed by atoms with Crippen molar-refractivity contribution in [2.75, 3.05) is 6.54 Å². The molecule has 3 heterocycles. The van der Waals surface area contributed by atoms with Gasteiger partial charge in [-0.3, -0.25) is 4.79 Å². The molecule has 0 spiro atoms. The lowest BCUT2D eigenvalue weighted by Gasteiger charge is -2.61. The number of aromatic nitrogens is 2. The van der Waals surface area contributed by atoms with Crippen LogP contribution in [0.15, 0.2) is 24.5 Å². The molecular formula is C23H27N3O3. The summed E-state index contributed by atoms with van der Waals surface area (Å²) >= 11 is 0. The van der Waals surface area contributed by atoms with Crippen LogP contribution in [0.2, 0.25) is 0 Å². The van der Waals surface area contributed by atoms with Crippen LogP contribution >= 0.6 is 0 Å². The number of aromatic amines is 1. The molecule has 0 atom stereocenters. The van der Waals surface area contributed by atoms with E-state index < -0.39 is 5.97 Å². The van der Waals surface area contributed by atoms with E-state index in [1.54, 1.807) is 17.3 Å². The molecule has 6 nitrogen and oxygen atoms in total. The average Bonchev–Trinajstić information content (AvgIpc) is 2.89. The highest BCUT2D eigenvalue weighted by molar-refractivity contribution is 6.18. The molecule has 1 N–H and O–H groups in total. The fourth-order valence-electron chi connectivity index (χ4n) is 5.31. The lowest BCUT2D eigenvalue weighted by molar-refractivity contribution is -0.174. The minimum Gasteiger partial charge on any atom is -0.459 e. The molecule has 152 valence electrons. The third-order valence-electron chi connectivity index (χ3n) is 6.68. The molecule has 6 rings (SSSR count). The van der Waals surface area contributed by atoms with Crippen molar-refractivity contribution in [3.8, 4) is 0 Å². The van der Waals surface area contributed by atoms with Crippen molar-refractivity contribution in [2.24, 2.45) is 11.3 Å². The van der Waals surface area contributed by atoms with E-state index in [9.17, 15) is 9.59 Å². The Kier molecular flexibility index (Phi) is 3.77. The number of hydrogen-bond donors (Lipinski definition) is 1. The lowest BCUT2D eigenvalue weighted by atomic mass is 9.44. The van der Waals surface area contributed by atoms with Crippen LogP contribution in [0.25, 0.3) is 16.6 Å².